The van der Waals surface area contributed by atoms with E-state index in [0.717, 1.165) is 30.6 Å². The van der Waals surface area contributed by atoms with Crippen LogP contribution in [-0.2, 0) is 0 Å². The van der Waals surface area contributed by atoms with E-state index in [1.165, 1.54) is 0 Å². The molecule has 1 aromatic heterocycles. The minimum Gasteiger partial charge on any atom is -0.496 e. The Morgan fingerprint density at radius 3 is 2.38 bits per heavy atom. The second kappa shape index (κ2) is 9.10. The molecular weight excluding hydrogens is 408 g/mol. The summed E-state index contributed by atoms with van der Waals surface area (Å²) < 4.78 is 16.4. The molecule has 1 aliphatic heterocycles. The van der Waals surface area contributed by atoms with Crippen LogP contribution in [0.15, 0.2) is 36.4 Å². The summed E-state index contributed by atoms with van der Waals surface area (Å²) in [6, 6.07) is 13.3. The highest BCUT2D eigenvalue weighted by atomic mass is 16.5. The topological polar surface area (TPSA) is 90.8 Å². The van der Waals surface area contributed by atoms with Crippen molar-refractivity contribution in [1.82, 2.24) is 9.88 Å². The van der Waals surface area contributed by atoms with Gasteiger partial charge in [-0.1, -0.05) is 0 Å². The van der Waals surface area contributed by atoms with Gasteiger partial charge in [-0.2, -0.15) is 5.26 Å². The monoisotopic (exact) mass is 434 g/mol. The lowest BCUT2D eigenvalue weighted by Gasteiger charge is -2.23. The number of methoxy groups -OCH3 is 3. The van der Waals surface area contributed by atoms with Crippen LogP contribution < -0.4 is 19.1 Å². The number of fused-ring (bicyclic) bond motifs is 1. The zero-order valence-electron chi connectivity index (χ0n) is 18.5. The number of aromatic amines is 1. The second-order valence-corrected chi connectivity index (χ2v) is 7.58. The average molecular weight is 434 g/mol. The molecule has 1 saturated heterocycles. The lowest BCUT2D eigenvalue weighted by molar-refractivity contribution is 0.0762. The van der Waals surface area contributed by atoms with Crippen LogP contribution in [0.2, 0.25) is 0 Å². The Balaban J connectivity index is 1.57. The summed E-state index contributed by atoms with van der Waals surface area (Å²) in [5.74, 6) is 1.61. The van der Waals surface area contributed by atoms with E-state index in [1.54, 1.807) is 27.4 Å². The molecule has 0 bridgehead atoms. The van der Waals surface area contributed by atoms with Gasteiger partial charge in [0.15, 0.2) is 11.5 Å². The van der Waals surface area contributed by atoms with Crippen molar-refractivity contribution < 1.29 is 19.0 Å². The zero-order valence-corrected chi connectivity index (χ0v) is 18.5. The van der Waals surface area contributed by atoms with E-state index in [0.29, 0.717) is 47.1 Å². The maximum atomic E-state index is 13.3. The normalized spacial score (nSPS) is 14.1. The van der Waals surface area contributed by atoms with Gasteiger partial charge in [0.05, 0.1) is 38.5 Å². The highest BCUT2D eigenvalue weighted by Crippen LogP contribution is 2.41. The highest BCUT2D eigenvalue weighted by Gasteiger charge is 2.24. The van der Waals surface area contributed by atoms with Gasteiger partial charge in [0.1, 0.15) is 11.4 Å². The summed E-state index contributed by atoms with van der Waals surface area (Å²) in [6.45, 7) is 2.84. The smallest absolute Gasteiger partial charge is 0.270 e. The molecule has 1 fully saturated rings. The first-order valence-electron chi connectivity index (χ1n) is 10.5. The van der Waals surface area contributed by atoms with E-state index in [2.05, 4.69) is 16.0 Å². The first-order chi connectivity index (χ1) is 15.6. The Bertz CT molecular complexity index is 1160. The molecule has 8 heteroatoms. The van der Waals surface area contributed by atoms with Gasteiger partial charge >= 0.3 is 0 Å². The van der Waals surface area contributed by atoms with Crippen molar-refractivity contribution in [2.45, 2.75) is 6.42 Å². The van der Waals surface area contributed by atoms with Crippen molar-refractivity contribution in [1.29, 1.82) is 5.26 Å². The third kappa shape index (κ3) is 3.89. The standard InChI is InChI=1S/C24H26N4O4/c1-30-20-14-21(31-2)23(32-3)22-18(20)13-19(26-22)24(29)28-10-4-9-27(11-12-28)17-7-5-16(15-25)6-8-17/h5-8,13-14,26H,4,9-12H2,1-3H3. The Morgan fingerprint density at radius 2 is 1.72 bits per heavy atom. The molecule has 3 aromatic rings. The van der Waals surface area contributed by atoms with Gasteiger partial charge in [-0.3, -0.25) is 4.79 Å². The molecule has 166 valence electrons. The summed E-state index contributed by atoms with van der Waals surface area (Å²) in [5, 5.41) is 9.77. The number of rotatable bonds is 5. The van der Waals surface area contributed by atoms with Crippen LogP contribution >= 0.6 is 0 Å². The van der Waals surface area contributed by atoms with Crippen LogP contribution in [0.25, 0.3) is 10.9 Å². The third-order valence-corrected chi connectivity index (χ3v) is 5.82. The molecule has 2 aromatic carbocycles. The van der Waals surface area contributed by atoms with E-state index in [-0.39, 0.29) is 5.91 Å². The molecule has 8 nitrogen and oxygen atoms in total. The first kappa shape index (κ1) is 21.4. The van der Waals surface area contributed by atoms with Crippen LogP contribution in [-0.4, -0.2) is 63.3 Å². The summed E-state index contributed by atoms with van der Waals surface area (Å²) in [6.07, 6.45) is 0.854. The molecule has 2 heterocycles. The fraction of sp³-hybridized carbons (Fsp3) is 0.333. The molecule has 32 heavy (non-hydrogen) atoms. The van der Waals surface area contributed by atoms with E-state index in [4.69, 9.17) is 19.5 Å². The van der Waals surface area contributed by atoms with E-state index in [1.807, 2.05) is 35.2 Å². The summed E-state index contributed by atoms with van der Waals surface area (Å²) >= 11 is 0. The van der Waals surface area contributed by atoms with Gasteiger partial charge in [0.25, 0.3) is 5.91 Å². The van der Waals surface area contributed by atoms with Crippen molar-refractivity contribution in [3.05, 3.63) is 47.7 Å². The number of aromatic nitrogens is 1. The maximum absolute atomic E-state index is 13.3. The quantitative estimate of drug-likeness (QED) is 0.662. The number of benzene rings is 2. The predicted octanol–water partition coefficient (Wildman–Crippen LogP) is 3.42. The molecule has 0 atom stereocenters. The fourth-order valence-electron chi connectivity index (χ4n) is 4.15. The Morgan fingerprint density at radius 1 is 0.969 bits per heavy atom. The van der Waals surface area contributed by atoms with Crippen LogP contribution in [0.3, 0.4) is 0 Å². The number of ether oxygens (including phenoxy) is 3. The average Bonchev–Trinajstić information content (AvgIpc) is 3.13. The number of H-pyrrole nitrogens is 1. The minimum atomic E-state index is -0.0639. The summed E-state index contributed by atoms with van der Waals surface area (Å²) in [7, 11) is 4.72. The van der Waals surface area contributed by atoms with Crippen LogP contribution in [0.1, 0.15) is 22.5 Å². The molecular formula is C24H26N4O4. The minimum absolute atomic E-state index is 0.0639. The molecule has 0 aliphatic carbocycles. The van der Waals surface area contributed by atoms with Gasteiger partial charge < -0.3 is 29.0 Å². The molecule has 1 amide bonds. The van der Waals surface area contributed by atoms with Crippen molar-refractivity contribution in [2.75, 3.05) is 52.4 Å². The Kier molecular flexibility index (Phi) is 6.08. The van der Waals surface area contributed by atoms with Gasteiger partial charge in [-0.05, 0) is 36.8 Å². The van der Waals surface area contributed by atoms with Gasteiger partial charge in [0.2, 0.25) is 0 Å². The molecule has 4 rings (SSSR count). The van der Waals surface area contributed by atoms with Crippen molar-refractivity contribution in [2.24, 2.45) is 0 Å². The molecule has 1 N–H and O–H groups in total. The number of hydrogen-bond acceptors (Lipinski definition) is 6. The van der Waals surface area contributed by atoms with Crippen molar-refractivity contribution in [3.63, 3.8) is 0 Å². The fourth-order valence-corrected chi connectivity index (χ4v) is 4.15. The SMILES string of the molecule is COc1cc(OC)c2cc(C(=O)N3CCCN(c4ccc(C#N)cc4)CC3)[nH]c2c1OC. The van der Waals surface area contributed by atoms with Gasteiger partial charge in [-0.15, -0.1) is 0 Å². The number of carbonyl (C=O) groups excluding carboxylic acids is 1. The molecule has 0 unspecified atom stereocenters. The van der Waals surface area contributed by atoms with Gasteiger partial charge in [0, 0.05) is 43.3 Å². The maximum Gasteiger partial charge on any atom is 0.270 e. The van der Waals surface area contributed by atoms with E-state index in [9.17, 15) is 4.79 Å². The number of anilines is 1. The predicted molar refractivity (Wildman–Crippen MR) is 122 cm³/mol. The molecule has 0 radical (unpaired) electrons. The van der Waals surface area contributed by atoms with Gasteiger partial charge in [-0.25, -0.2) is 0 Å². The lowest BCUT2D eigenvalue weighted by atomic mass is 10.2. The highest BCUT2D eigenvalue weighted by molar-refractivity contribution is 6.02. The largest absolute Gasteiger partial charge is 0.496 e. The molecule has 0 saturated carbocycles. The lowest BCUT2D eigenvalue weighted by Crippen LogP contribution is -2.35. The number of carbonyl (C=O) groups is 1. The molecule has 0 spiro atoms. The summed E-state index contributed by atoms with van der Waals surface area (Å²) in [5.41, 5.74) is 2.85. The number of amides is 1. The zero-order chi connectivity index (χ0) is 22.7. The van der Waals surface area contributed by atoms with Crippen LogP contribution in [0.5, 0.6) is 17.2 Å². The Labute approximate surface area is 186 Å². The third-order valence-electron chi connectivity index (χ3n) is 5.82. The number of nitrogens with zero attached hydrogens (tertiary/aromatic N) is 3. The second-order valence-electron chi connectivity index (χ2n) is 7.58. The number of hydrogen-bond donors (Lipinski definition) is 1. The van der Waals surface area contributed by atoms with E-state index >= 15 is 0 Å². The van der Waals surface area contributed by atoms with Crippen LogP contribution in [0.4, 0.5) is 5.69 Å². The number of nitriles is 1. The summed E-state index contributed by atoms with van der Waals surface area (Å²) in [4.78, 5) is 20.7. The van der Waals surface area contributed by atoms with Crippen LogP contribution in [0, 0.1) is 11.3 Å². The van der Waals surface area contributed by atoms with Crippen molar-refractivity contribution in [3.8, 4) is 23.3 Å². The first-order valence-corrected chi connectivity index (χ1v) is 10.5. The number of nitrogens with one attached hydrogen (secondary N) is 1. The Hall–Kier alpha value is -3.86. The van der Waals surface area contributed by atoms with E-state index < -0.39 is 0 Å². The molecule has 1 aliphatic rings. The van der Waals surface area contributed by atoms with Crippen molar-refractivity contribution >= 4 is 22.5 Å².